The molecule has 2 aromatic carbocycles. The summed E-state index contributed by atoms with van der Waals surface area (Å²) in [6, 6.07) is 10.9. The van der Waals surface area contributed by atoms with Crippen LogP contribution in [0.4, 0.5) is 4.79 Å². The van der Waals surface area contributed by atoms with Crippen LogP contribution in [0, 0.1) is 6.92 Å². The van der Waals surface area contributed by atoms with E-state index < -0.39 is 0 Å². The Labute approximate surface area is 183 Å². The number of carbonyl (C=O) groups is 2. The SMILES string of the molecule is CCOc1c(Cl)cc(/C=C2\SC(=O)N(CCOc3ccc(C)cc3)C2=O)cc1Cl. The maximum atomic E-state index is 12.6. The molecule has 0 saturated carbocycles. The van der Waals surface area contributed by atoms with E-state index in [0.717, 1.165) is 17.3 Å². The van der Waals surface area contributed by atoms with E-state index in [-0.39, 0.29) is 24.3 Å². The van der Waals surface area contributed by atoms with Crippen molar-refractivity contribution >= 4 is 52.2 Å². The van der Waals surface area contributed by atoms with Gasteiger partial charge in [0.2, 0.25) is 0 Å². The molecule has 1 saturated heterocycles. The summed E-state index contributed by atoms with van der Waals surface area (Å²) in [5.74, 6) is 0.722. The first-order valence-electron chi connectivity index (χ1n) is 8.95. The van der Waals surface area contributed by atoms with Crippen molar-refractivity contribution in [2.45, 2.75) is 13.8 Å². The lowest BCUT2D eigenvalue weighted by molar-refractivity contribution is -0.123. The summed E-state index contributed by atoms with van der Waals surface area (Å²) in [4.78, 5) is 26.3. The van der Waals surface area contributed by atoms with Crippen LogP contribution in [0.1, 0.15) is 18.1 Å². The zero-order chi connectivity index (χ0) is 21.0. The summed E-state index contributed by atoms with van der Waals surface area (Å²) >= 11 is 13.3. The van der Waals surface area contributed by atoms with Gasteiger partial charge in [-0.15, -0.1) is 0 Å². The molecule has 2 aromatic rings. The number of benzene rings is 2. The zero-order valence-electron chi connectivity index (χ0n) is 15.9. The zero-order valence-corrected chi connectivity index (χ0v) is 18.2. The van der Waals surface area contributed by atoms with Crippen LogP contribution in [-0.2, 0) is 4.79 Å². The molecule has 3 rings (SSSR count). The first kappa shape index (κ1) is 21.6. The lowest BCUT2D eigenvalue weighted by Crippen LogP contribution is -2.32. The highest BCUT2D eigenvalue weighted by molar-refractivity contribution is 8.18. The van der Waals surface area contributed by atoms with Gasteiger partial charge in [0.15, 0.2) is 5.75 Å². The molecule has 8 heteroatoms. The van der Waals surface area contributed by atoms with Crippen molar-refractivity contribution in [2.24, 2.45) is 0 Å². The molecule has 2 amide bonds. The number of aryl methyl sites for hydroxylation is 1. The molecule has 1 fully saturated rings. The van der Waals surface area contributed by atoms with Crippen molar-refractivity contribution in [1.29, 1.82) is 0 Å². The molecule has 152 valence electrons. The number of rotatable bonds is 7. The lowest BCUT2D eigenvalue weighted by Gasteiger charge is -2.13. The smallest absolute Gasteiger partial charge is 0.293 e. The van der Waals surface area contributed by atoms with Crippen molar-refractivity contribution in [1.82, 2.24) is 4.90 Å². The number of imide groups is 1. The van der Waals surface area contributed by atoms with Gasteiger partial charge in [-0.2, -0.15) is 0 Å². The fourth-order valence-corrected chi connectivity index (χ4v) is 4.16. The van der Waals surface area contributed by atoms with Crippen LogP contribution < -0.4 is 9.47 Å². The summed E-state index contributed by atoms with van der Waals surface area (Å²) in [7, 11) is 0. The Morgan fingerprint density at radius 3 is 2.34 bits per heavy atom. The second-order valence-electron chi connectivity index (χ2n) is 6.24. The maximum absolute atomic E-state index is 12.6. The molecule has 0 radical (unpaired) electrons. The van der Waals surface area contributed by atoms with E-state index >= 15 is 0 Å². The third kappa shape index (κ3) is 5.26. The van der Waals surface area contributed by atoms with E-state index in [2.05, 4.69) is 0 Å². The van der Waals surface area contributed by atoms with E-state index in [9.17, 15) is 9.59 Å². The first-order chi connectivity index (χ1) is 13.9. The van der Waals surface area contributed by atoms with E-state index in [1.807, 2.05) is 38.1 Å². The first-order valence-corrected chi connectivity index (χ1v) is 10.5. The van der Waals surface area contributed by atoms with Gasteiger partial charge >= 0.3 is 0 Å². The van der Waals surface area contributed by atoms with Crippen LogP contribution in [0.25, 0.3) is 6.08 Å². The normalized spacial score (nSPS) is 15.3. The fourth-order valence-electron chi connectivity index (χ4n) is 2.68. The Kier molecular flexibility index (Phi) is 7.11. The minimum atomic E-state index is -0.367. The highest BCUT2D eigenvalue weighted by atomic mass is 35.5. The number of thioether (sulfide) groups is 1. The minimum Gasteiger partial charge on any atom is -0.492 e. The van der Waals surface area contributed by atoms with Crippen LogP contribution in [0.3, 0.4) is 0 Å². The predicted molar refractivity (Wildman–Crippen MR) is 117 cm³/mol. The van der Waals surface area contributed by atoms with E-state index in [1.54, 1.807) is 18.2 Å². The van der Waals surface area contributed by atoms with Crippen LogP contribution in [-0.4, -0.2) is 35.8 Å². The molecule has 1 heterocycles. The van der Waals surface area contributed by atoms with Gasteiger partial charge in [-0.1, -0.05) is 40.9 Å². The Hall–Kier alpha value is -2.15. The second kappa shape index (κ2) is 9.57. The predicted octanol–water partition coefficient (Wildman–Crippen LogP) is 5.82. The largest absolute Gasteiger partial charge is 0.492 e. The third-order valence-electron chi connectivity index (χ3n) is 4.09. The molecule has 0 N–H and O–H groups in total. The minimum absolute atomic E-state index is 0.167. The van der Waals surface area contributed by atoms with Gasteiger partial charge in [0.05, 0.1) is 28.1 Å². The number of hydrogen-bond donors (Lipinski definition) is 0. The van der Waals surface area contributed by atoms with Crippen molar-refractivity contribution < 1.29 is 19.1 Å². The van der Waals surface area contributed by atoms with Gasteiger partial charge < -0.3 is 9.47 Å². The molecule has 0 spiro atoms. The lowest BCUT2D eigenvalue weighted by atomic mass is 10.2. The highest BCUT2D eigenvalue weighted by Crippen LogP contribution is 2.37. The summed E-state index contributed by atoms with van der Waals surface area (Å²) in [6.07, 6.45) is 1.60. The van der Waals surface area contributed by atoms with Gasteiger partial charge in [-0.25, -0.2) is 0 Å². The Morgan fingerprint density at radius 1 is 1.07 bits per heavy atom. The molecule has 0 atom stereocenters. The van der Waals surface area contributed by atoms with Crippen LogP contribution in [0.5, 0.6) is 11.5 Å². The van der Waals surface area contributed by atoms with Gasteiger partial charge in [-0.3, -0.25) is 14.5 Å². The third-order valence-corrected chi connectivity index (χ3v) is 5.55. The maximum Gasteiger partial charge on any atom is 0.293 e. The molecule has 1 aliphatic heterocycles. The molecular formula is C21H19Cl2NO4S. The van der Waals surface area contributed by atoms with Crippen molar-refractivity contribution in [3.63, 3.8) is 0 Å². The summed E-state index contributed by atoms with van der Waals surface area (Å²) in [5, 5.41) is 0.351. The Morgan fingerprint density at radius 2 is 1.72 bits per heavy atom. The van der Waals surface area contributed by atoms with E-state index in [0.29, 0.717) is 38.6 Å². The van der Waals surface area contributed by atoms with Crippen LogP contribution in [0.2, 0.25) is 10.0 Å². The van der Waals surface area contributed by atoms with E-state index in [4.69, 9.17) is 32.7 Å². The van der Waals surface area contributed by atoms with Crippen molar-refractivity contribution in [2.75, 3.05) is 19.8 Å². The van der Waals surface area contributed by atoms with E-state index in [1.165, 1.54) is 4.90 Å². The number of amides is 2. The average molecular weight is 452 g/mol. The molecule has 0 unspecified atom stereocenters. The molecule has 0 aliphatic carbocycles. The molecule has 5 nitrogen and oxygen atoms in total. The molecule has 1 aliphatic rings. The summed E-state index contributed by atoms with van der Waals surface area (Å²) < 4.78 is 11.0. The number of nitrogens with zero attached hydrogens (tertiary/aromatic N) is 1. The van der Waals surface area contributed by atoms with Crippen molar-refractivity contribution in [3.8, 4) is 11.5 Å². The number of hydrogen-bond acceptors (Lipinski definition) is 5. The molecule has 29 heavy (non-hydrogen) atoms. The standard InChI is InChI=1S/C21H19Cl2NO4S/c1-3-27-19-16(22)10-14(11-17(19)23)12-18-20(25)24(21(26)29-18)8-9-28-15-6-4-13(2)5-7-15/h4-7,10-12H,3,8-9H2,1-2H3/b18-12-. The highest BCUT2D eigenvalue weighted by Gasteiger charge is 2.34. The number of ether oxygens (including phenoxy) is 2. The quantitative estimate of drug-likeness (QED) is 0.496. The number of halogens is 2. The van der Waals surface area contributed by atoms with Gasteiger partial charge in [0, 0.05) is 0 Å². The molecule has 0 aromatic heterocycles. The van der Waals surface area contributed by atoms with Crippen LogP contribution in [0.15, 0.2) is 41.3 Å². The monoisotopic (exact) mass is 451 g/mol. The summed E-state index contributed by atoms with van der Waals surface area (Å²) in [5.41, 5.74) is 1.74. The topological polar surface area (TPSA) is 55.8 Å². The van der Waals surface area contributed by atoms with Gasteiger partial charge in [0.1, 0.15) is 12.4 Å². The number of carbonyl (C=O) groups excluding carboxylic acids is 2. The summed E-state index contributed by atoms with van der Waals surface area (Å²) in [6.45, 7) is 4.64. The van der Waals surface area contributed by atoms with Gasteiger partial charge in [0.25, 0.3) is 11.1 Å². The molecule has 0 bridgehead atoms. The second-order valence-corrected chi connectivity index (χ2v) is 8.05. The Balaban J connectivity index is 1.67. The van der Waals surface area contributed by atoms with Crippen LogP contribution >= 0.6 is 35.0 Å². The Bertz CT molecular complexity index is 937. The van der Waals surface area contributed by atoms with Crippen molar-refractivity contribution in [3.05, 3.63) is 62.5 Å². The average Bonchev–Trinajstić information content (AvgIpc) is 2.93. The van der Waals surface area contributed by atoms with Gasteiger partial charge in [-0.05, 0) is 61.5 Å². The molecular weight excluding hydrogens is 433 g/mol. The fraction of sp³-hybridized carbons (Fsp3) is 0.238.